The number of fused-ring (bicyclic) bond motifs is 1. The normalized spacial score (nSPS) is 13.4. The molecule has 1 N–H and O–H groups in total. The molecule has 0 radical (unpaired) electrons. The highest BCUT2D eigenvalue weighted by molar-refractivity contribution is 7.71. The number of nitrogens with one attached hydrogen (secondary N) is 1. The Bertz CT molecular complexity index is 642. The second-order valence-corrected chi connectivity index (χ2v) is 5.75. The van der Waals surface area contributed by atoms with Gasteiger partial charge in [0.05, 0.1) is 11.0 Å². The van der Waals surface area contributed by atoms with Crippen LogP contribution in [0.4, 0.5) is 4.39 Å². The maximum Gasteiger partial charge on any atom is 0.178 e. The van der Waals surface area contributed by atoms with Crippen LogP contribution in [0.2, 0.25) is 0 Å². The molecule has 0 aliphatic carbocycles. The lowest BCUT2D eigenvalue weighted by Gasteiger charge is -2.17. The Balaban J connectivity index is 2.45. The summed E-state index contributed by atoms with van der Waals surface area (Å²) in [6.45, 7) is 4.92. The van der Waals surface area contributed by atoms with Crippen molar-refractivity contribution in [3.63, 3.8) is 0 Å². The molecule has 2 aromatic rings. The molecule has 0 spiro atoms. The summed E-state index contributed by atoms with van der Waals surface area (Å²) < 4.78 is 16.3. The van der Waals surface area contributed by atoms with Crippen molar-refractivity contribution in [3.05, 3.63) is 28.3 Å². The van der Waals surface area contributed by atoms with Crippen LogP contribution >= 0.6 is 12.2 Å². The molecule has 5 heteroatoms. The molecule has 2 rings (SSSR count). The molecule has 3 nitrogen and oxygen atoms in total. The van der Waals surface area contributed by atoms with Gasteiger partial charge in [-0.3, -0.25) is 0 Å². The molecule has 104 valence electrons. The van der Waals surface area contributed by atoms with Gasteiger partial charge in [-0.15, -0.1) is 0 Å². The van der Waals surface area contributed by atoms with Crippen LogP contribution in [0.5, 0.6) is 0 Å². The van der Waals surface area contributed by atoms with E-state index in [2.05, 4.69) is 35.5 Å². The third-order valence-corrected chi connectivity index (χ3v) is 3.73. The van der Waals surface area contributed by atoms with E-state index in [1.54, 1.807) is 6.92 Å². The summed E-state index contributed by atoms with van der Waals surface area (Å²) in [6.07, 6.45) is 1.00. The number of aromatic amines is 1. The molecule has 1 atom stereocenters. The first kappa shape index (κ1) is 14.2. The van der Waals surface area contributed by atoms with Crippen molar-refractivity contribution in [3.8, 4) is 0 Å². The van der Waals surface area contributed by atoms with E-state index in [0.717, 1.165) is 24.0 Å². The lowest BCUT2D eigenvalue weighted by molar-refractivity contribution is 0.359. The van der Waals surface area contributed by atoms with E-state index in [9.17, 15) is 4.39 Å². The number of aryl methyl sites for hydroxylation is 1. The molecule has 0 aliphatic rings. The van der Waals surface area contributed by atoms with Crippen molar-refractivity contribution in [2.45, 2.75) is 26.3 Å². The molecule has 0 aliphatic heterocycles. The van der Waals surface area contributed by atoms with E-state index in [4.69, 9.17) is 12.2 Å². The van der Waals surface area contributed by atoms with Crippen molar-refractivity contribution in [1.82, 2.24) is 14.5 Å². The van der Waals surface area contributed by atoms with Gasteiger partial charge in [-0.25, -0.2) is 4.39 Å². The van der Waals surface area contributed by atoms with E-state index in [1.165, 1.54) is 6.07 Å². The molecule has 1 aromatic carbocycles. The number of H-pyrrole nitrogens is 1. The zero-order chi connectivity index (χ0) is 14.2. The predicted molar refractivity (Wildman–Crippen MR) is 79.7 cm³/mol. The summed E-state index contributed by atoms with van der Waals surface area (Å²) in [5.41, 5.74) is 2.40. The molecule has 0 saturated heterocycles. The molecule has 1 heterocycles. The van der Waals surface area contributed by atoms with Gasteiger partial charge in [0.15, 0.2) is 4.77 Å². The fraction of sp³-hybridized carbons (Fsp3) is 0.500. The molecule has 1 unspecified atom stereocenters. The van der Waals surface area contributed by atoms with Gasteiger partial charge in [0.2, 0.25) is 0 Å². The fourth-order valence-corrected chi connectivity index (χ4v) is 2.65. The smallest absolute Gasteiger partial charge is 0.178 e. The van der Waals surface area contributed by atoms with Gasteiger partial charge in [-0.05, 0) is 70.8 Å². The van der Waals surface area contributed by atoms with Crippen LogP contribution in [-0.2, 0) is 0 Å². The van der Waals surface area contributed by atoms with E-state index in [-0.39, 0.29) is 11.9 Å². The van der Waals surface area contributed by atoms with E-state index < -0.39 is 0 Å². The summed E-state index contributed by atoms with van der Waals surface area (Å²) >= 11 is 5.37. The molecule has 1 aromatic heterocycles. The number of imidazole rings is 1. The average molecular weight is 281 g/mol. The SMILES string of the molecule is Cc1cc2c(cc1F)[nH]c(=S)n2C(C)CCN(C)C. The van der Waals surface area contributed by atoms with Crippen LogP contribution in [-0.4, -0.2) is 35.1 Å². The first-order valence-electron chi connectivity index (χ1n) is 6.45. The first-order chi connectivity index (χ1) is 8.90. The summed E-state index contributed by atoms with van der Waals surface area (Å²) in [4.78, 5) is 5.24. The van der Waals surface area contributed by atoms with Crippen molar-refractivity contribution in [2.75, 3.05) is 20.6 Å². The number of nitrogens with zero attached hydrogens (tertiary/aromatic N) is 2. The largest absolute Gasteiger partial charge is 0.330 e. The van der Waals surface area contributed by atoms with Gasteiger partial charge in [0.25, 0.3) is 0 Å². The third kappa shape index (κ3) is 2.87. The standard InChI is InChI=1S/C14H20FN3S/c1-9-7-13-12(8-11(9)15)16-14(19)18(13)10(2)5-6-17(3)4/h7-8,10H,5-6H2,1-4H3,(H,16,19). The molecule has 0 fully saturated rings. The fourth-order valence-electron chi connectivity index (χ4n) is 2.26. The topological polar surface area (TPSA) is 24.0 Å². The van der Waals surface area contributed by atoms with Crippen LogP contribution in [0.15, 0.2) is 12.1 Å². The minimum absolute atomic E-state index is 0.197. The molecule has 0 amide bonds. The van der Waals surface area contributed by atoms with E-state index in [0.29, 0.717) is 10.3 Å². The zero-order valence-corrected chi connectivity index (χ0v) is 12.6. The summed E-state index contributed by atoms with van der Waals surface area (Å²) in [5, 5.41) is 0. The molecular weight excluding hydrogens is 261 g/mol. The van der Waals surface area contributed by atoms with Crippen LogP contribution < -0.4 is 0 Å². The quantitative estimate of drug-likeness (QED) is 0.865. The number of benzene rings is 1. The number of aromatic nitrogens is 2. The minimum atomic E-state index is -0.197. The van der Waals surface area contributed by atoms with Gasteiger partial charge in [0.1, 0.15) is 5.82 Å². The first-order valence-corrected chi connectivity index (χ1v) is 6.86. The van der Waals surface area contributed by atoms with Crippen molar-refractivity contribution in [2.24, 2.45) is 0 Å². The number of rotatable bonds is 4. The second-order valence-electron chi connectivity index (χ2n) is 5.36. The van der Waals surface area contributed by atoms with Gasteiger partial charge in [0, 0.05) is 6.04 Å². The monoisotopic (exact) mass is 281 g/mol. The summed E-state index contributed by atoms with van der Waals surface area (Å²) in [7, 11) is 4.11. The predicted octanol–water partition coefficient (Wildman–Crippen LogP) is 3.66. The molecule has 0 bridgehead atoms. The van der Waals surface area contributed by atoms with Crippen LogP contribution in [0.25, 0.3) is 11.0 Å². The van der Waals surface area contributed by atoms with E-state index >= 15 is 0 Å². The highest BCUT2D eigenvalue weighted by atomic mass is 32.1. The Kier molecular flexibility index (Phi) is 4.06. The summed E-state index contributed by atoms with van der Waals surface area (Å²) in [5.74, 6) is -0.197. The molecular formula is C14H20FN3S. The lowest BCUT2D eigenvalue weighted by atomic mass is 10.2. The Morgan fingerprint density at radius 1 is 1.42 bits per heavy atom. The highest BCUT2D eigenvalue weighted by Gasteiger charge is 2.13. The average Bonchev–Trinajstić information content (AvgIpc) is 2.62. The lowest BCUT2D eigenvalue weighted by Crippen LogP contribution is -2.17. The van der Waals surface area contributed by atoms with Crippen molar-refractivity contribution >= 4 is 23.3 Å². The highest BCUT2D eigenvalue weighted by Crippen LogP contribution is 2.23. The Morgan fingerprint density at radius 3 is 2.74 bits per heavy atom. The Hall–Kier alpha value is -1.20. The Labute approximate surface area is 118 Å². The summed E-state index contributed by atoms with van der Waals surface area (Å²) in [6, 6.07) is 3.67. The van der Waals surface area contributed by atoms with E-state index in [1.807, 2.05) is 6.07 Å². The van der Waals surface area contributed by atoms with Crippen LogP contribution in [0.1, 0.15) is 24.9 Å². The molecule has 19 heavy (non-hydrogen) atoms. The van der Waals surface area contributed by atoms with Crippen molar-refractivity contribution in [1.29, 1.82) is 0 Å². The van der Waals surface area contributed by atoms with Gasteiger partial charge in [-0.2, -0.15) is 0 Å². The van der Waals surface area contributed by atoms with Crippen LogP contribution in [0.3, 0.4) is 0 Å². The minimum Gasteiger partial charge on any atom is -0.330 e. The van der Waals surface area contributed by atoms with Crippen molar-refractivity contribution < 1.29 is 4.39 Å². The maximum absolute atomic E-state index is 13.6. The maximum atomic E-state index is 13.6. The van der Waals surface area contributed by atoms with Gasteiger partial charge < -0.3 is 14.5 Å². The van der Waals surface area contributed by atoms with Crippen LogP contribution in [0, 0.1) is 17.5 Å². The zero-order valence-electron chi connectivity index (χ0n) is 11.8. The molecule has 0 saturated carbocycles. The third-order valence-electron chi connectivity index (χ3n) is 3.43. The van der Waals surface area contributed by atoms with Gasteiger partial charge in [-0.1, -0.05) is 0 Å². The van der Waals surface area contributed by atoms with Gasteiger partial charge >= 0.3 is 0 Å². The number of hydrogen-bond acceptors (Lipinski definition) is 2. The number of hydrogen-bond donors (Lipinski definition) is 1. The number of halogens is 1. The Morgan fingerprint density at radius 2 is 2.11 bits per heavy atom. The second kappa shape index (κ2) is 5.43.